The monoisotopic (exact) mass is 317 g/mol. The minimum absolute atomic E-state index is 0.00786. The number of amides is 1. The molecule has 0 fully saturated rings. The van der Waals surface area contributed by atoms with Crippen LogP contribution in [0.3, 0.4) is 0 Å². The first-order valence-electron chi connectivity index (χ1n) is 6.94. The number of thioether (sulfide) groups is 1. The lowest BCUT2D eigenvalue weighted by Gasteiger charge is -2.21. The van der Waals surface area contributed by atoms with Gasteiger partial charge >= 0.3 is 0 Å². The number of hydrogen-bond donors (Lipinski definition) is 1. The Morgan fingerprint density at radius 3 is 2.67 bits per heavy atom. The molecule has 0 radical (unpaired) electrons. The Hall–Kier alpha value is -1.45. The third-order valence-corrected chi connectivity index (χ3v) is 4.93. The summed E-state index contributed by atoms with van der Waals surface area (Å²) in [5.41, 5.74) is 3.61. The minimum atomic E-state index is -0.0943. The molecule has 0 aromatic heterocycles. The van der Waals surface area contributed by atoms with Crippen LogP contribution in [0, 0.1) is 0 Å². The van der Waals surface area contributed by atoms with Gasteiger partial charge in [0.05, 0.1) is 6.04 Å². The smallest absolute Gasteiger partial charge is 0.221 e. The lowest BCUT2D eigenvalue weighted by Crippen LogP contribution is -2.29. The maximum absolute atomic E-state index is 12.0. The number of carbonyl (C=O) groups excluding carboxylic acids is 1. The molecule has 0 bridgehead atoms. The van der Waals surface area contributed by atoms with Gasteiger partial charge in [-0.05, 0) is 22.8 Å². The van der Waals surface area contributed by atoms with Crippen LogP contribution in [0.25, 0.3) is 0 Å². The van der Waals surface area contributed by atoms with Gasteiger partial charge in [-0.3, -0.25) is 4.79 Å². The highest BCUT2D eigenvalue weighted by molar-refractivity contribution is 7.98. The van der Waals surface area contributed by atoms with Crippen molar-refractivity contribution in [3.05, 3.63) is 65.2 Å². The van der Waals surface area contributed by atoms with Crippen molar-refractivity contribution in [1.29, 1.82) is 0 Å². The summed E-state index contributed by atoms with van der Waals surface area (Å²) < 4.78 is 0. The summed E-state index contributed by atoms with van der Waals surface area (Å²) in [5, 5.41) is 3.14. The molecule has 108 valence electrons. The van der Waals surface area contributed by atoms with E-state index >= 15 is 0 Å². The quantitative estimate of drug-likeness (QED) is 0.863. The van der Waals surface area contributed by atoms with E-state index < -0.39 is 0 Å². The Balaban J connectivity index is 2.04. The lowest BCUT2D eigenvalue weighted by molar-refractivity contribution is -0.121. The van der Waals surface area contributed by atoms with E-state index in [-0.39, 0.29) is 11.9 Å². The Morgan fingerprint density at radius 2 is 1.86 bits per heavy atom. The Labute approximate surface area is 133 Å². The summed E-state index contributed by atoms with van der Waals surface area (Å²) in [6, 6.07) is 16.5. The fraction of sp³-hybridized carbons (Fsp3) is 0.235. The van der Waals surface area contributed by atoms with E-state index in [1.54, 1.807) is 0 Å². The van der Waals surface area contributed by atoms with Crippen molar-refractivity contribution in [1.82, 2.24) is 5.32 Å². The number of hydrogen-bond acceptors (Lipinski definition) is 2. The second kappa shape index (κ2) is 6.54. The van der Waals surface area contributed by atoms with Crippen molar-refractivity contribution in [2.45, 2.75) is 23.1 Å². The van der Waals surface area contributed by atoms with Crippen molar-refractivity contribution in [3.8, 4) is 0 Å². The van der Waals surface area contributed by atoms with Crippen molar-refractivity contribution in [3.63, 3.8) is 0 Å². The van der Waals surface area contributed by atoms with E-state index in [0.29, 0.717) is 12.3 Å². The number of rotatable bonds is 3. The highest BCUT2D eigenvalue weighted by Gasteiger charge is 2.24. The van der Waals surface area contributed by atoms with E-state index in [9.17, 15) is 4.79 Å². The second-order valence-corrected chi connectivity index (χ2v) is 6.36. The molecule has 1 N–H and O–H groups in total. The normalized spacial score (nSPS) is 16.5. The molecule has 3 rings (SSSR count). The van der Waals surface area contributed by atoms with Crippen LogP contribution in [0.15, 0.2) is 53.4 Å². The zero-order chi connectivity index (χ0) is 14.7. The molecule has 0 spiro atoms. The van der Waals surface area contributed by atoms with Crippen LogP contribution in [0.5, 0.6) is 0 Å². The topological polar surface area (TPSA) is 29.1 Å². The van der Waals surface area contributed by atoms with Gasteiger partial charge < -0.3 is 5.32 Å². The van der Waals surface area contributed by atoms with Crippen LogP contribution in [-0.4, -0.2) is 11.8 Å². The molecule has 2 nitrogen and oxygen atoms in total. The van der Waals surface area contributed by atoms with Gasteiger partial charge in [0.2, 0.25) is 5.91 Å². The highest BCUT2D eigenvalue weighted by Crippen LogP contribution is 2.39. The molecular weight excluding hydrogens is 302 g/mol. The molecule has 4 heteroatoms. The van der Waals surface area contributed by atoms with E-state index in [1.165, 1.54) is 16.0 Å². The fourth-order valence-electron chi connectivity index (χ4n) is 2.60. The molecule has 2 aromatic rings. The van der Waals surface area contributed by atoms with Crippen molar-refractivity contribution in [2.24, 2.45) is 0 Å². The first-order valence-corrected chi connectivity index (χ1v) is 8.46. The fourth-order valence-corrected chi connectivity index (χ4v) is 3.87. The Kier molecular flexibility index (Phi) is 4.51. The number of fused-ring (bicyclic) bond motifs is 2. The maximum atomic E-state index is 12.0. The van der Waals surface area contributed by atoms with Crippen molar-refractivity contribution in [2.75, 3.05) is 5.88 Å². The minimum Gasteiger partial charge on any atom is -0.345 e. The van der Waals surface area contributed by atoms with E-state index in [2.05, 4.69) is 29.6 Å². The predicted molar refractivity (Wildman–Crippen MR) is 87.8 cm³/mol. The summed E-state index contributed by atoms with van der Waals surface area (Å²) in [6.07, 6.45) is 0.343. The number of nitrogens with one attached hydrogen (secondary N) is 1. The number of carbonyl (C=O) groups is 1. The Bertz CT molecular complexity index is 611. The number of halogens is 1. The van der Waals surface area contributed by atoms with E-state index in [0.717, 1.165) is 11.3 Å². The number of alkyl halides is 1. The summed E-state index contributed by atoms with van der Waals surface area (Å²) in [7, 11) is 0. The summed E-state index contributed by atoms with van der Waals surface area (Å²) in [4.78, 5) is 13.3. The second-order valence-electron chi connectivity index (χ2n) is 4.96. The lowest BCUT2D eigenvalue weighted by atomic mass is 9.95. The molecule has 1 aliphatic heterocycles. The van der Waals surface area contributed by atoms with Gasteiger partial charge in [0.15, 0.2) is 0 Å². The molecule has 1 unspecified atom stereocenters. The standard InChI is InChI=1S/C17H16ClNOS/c18-10-9-16(20)19-17-13-6-2-1-5-12(13)11-21-15-8-4-3-7-14(15)17/h1-8,17H,9-11H2,(H,19,20). The molecule has 1 atom stereocenters. The SMILES string of the molecule is O=C(CCCl)NC1c2ccccc2CSc2ccccc21. The van der Waals surface area contributed by atoms with Gasteiger partial charge in [0, 0.05) is 22.9 Å². The van der Waals surface area contributed by atoms with E-state index in [4.69, 9.17) is 11.6 Å². The van der Waals surface area contributed by atoms with Crippen LogP contribution in [-0.2, 0) is 10.5 Å². The average Bonchev–Trinajstić information content (AvgIpc) is 2.66. The maximum Gasteiger partial charge on any atom is 0.221 e. The zero-order valence-electron chi connectivity index (χ0n) is 11.5. The number of benzene rings is 2. The van der Waals surface area contributed by atoms with Crippen LogP contribution in [0.1, 0.15) is 29.2 Å². The molecule has 1 amide bonds. The Morgan fingerprint density at radius 1 is 1.14 bits per heavy atom. The predicted octanol–water partition coefficient (Wildman–Crippen LogP) is 4.13. The van der Waals surface area contributed by atoms with Gasteiger partial charge in [0.25, 0.3) is 0 Å². The zero-order valence-corrected chi connectivity index (χ0v) is 13.1. The molecule has 0 aliphatic carbocycles. The van der Waals surface area contributed by atoms with Gasteiger partial charge in [-0.1, -0.05) is 42.5 Å². The molecule has 0 saturated heterocycles. The molecule has 1 heterocycles. The van der Waals surface area contributed by atoms with Crippen molar-refractivity contribution < 1.29 is 4.79 Å². The molecule has 21 heavy (non-hydrogen) atoms. The largest absolute Gasteiger partial charge is 0.345 e. The average molecular weight is 318 g/mol. The van der Waals surface area contributed by atoms with Gasteiger partial charge in [-0.15, -0.1) is 23.4 Å². The van der Waals surface area contributed by atoms with Crippen LogP contribution in [0.2, 0.25) is 0 Å². The third kappa shape index (κ3) is 3.09. The molecule has 0 saturated carbocycles. The summed E-state index contributed by atoms with van der Waals surface area (Å²) >= 11 is 7.50. The van der Waals surface area contributed by atoms with Gasteiger partial charge in [0.1, 0.15) is 0 Å². The van der Waals surface area contributed by atoms with Crippen LogP contribution in [0.4, 0.5) is 0 Å². The van der Waals surface area contributed by atoms with Crippen LogP contribution < -0.4 is 5.32 Å². The highest BCUT2D eigenvalue weighted by atomic mass is 35.5. The van der Waals surface area contributed by atoms with E-state index in [1.807, 2.05) is 36.0 Å². The molecule has 1 aliphatic rings. The third-order valence-electron chi connectivity index (χ3n) is 3.61. The first-order chi connectivity index (χ1) is 10.3. The molecular formula is C17H16ClNOS. The summed E-state index contributed by atoms with van der Waals surface area (Å²) in [5.74, 6) is 1.26. The first kappa shape index (κ1) is 14.5. The molecule has 2 aromatic carbocycles. The van der Waals surface area contributed by atoms with Gasteiger partial charge in [-0.2, -0.15) is 0 Å². The van der Waals surface area contributed by atoms with Gasteiger partial charge in [-0.25, -0.2) is 0 Å². The van der Waals surface area contributed by atoms with Crippen molar-refractivity contribution >= 4 is 29.3 Å². The van der Waals surface area contributed by atoms with Crippen LogP contribution >= 0.6 is 23.4 Å². The summed E-state index contributed by atoms with van der Waals surface area (Å²) in [6.45, 7) is 0.